The van der Waals surface area contributed by atoms with Crippen LogP contribution >= 0.6 is 55.2 Å². The van der Waals surface area contributed by atoms with Gasteiger partial charge in [0.2, 0.25) is 5.91 Å². The smallest absolute Gasteiger partial charge is 0.234 e. The highest BCUT2D eigenvalue weighted by molar-refractivity contribution is 9.11. The summed E-state index contributed by atoms with van der Waals surface area (Å²) in [6.07, 6.45) is 0. The van der Waals surface area contributed by atoms with Gasteiger partial charge in [-0.3, -0.25) is 4.79 Å². The Kier molecular flexibility index (Phi) is 6.97. The third-order valence-corrected chi connectivity index (χ3v) is 6.04. The Hall–Kier alpha value is -1.35. The second-order valence-electron chi connectivity index (χ2n) is 5.52. The van der Waals surface area contributed by atoms with Crippen LogP contribution in [0.4, 0.5) is 5.69 Å². The van der Waals surface area contributed by atoms with E-state index in [-0.39, 0.29) is 11.7 Å². The highest BCUT2D eigenvalue weighted by Crippen LogP contribution is 2.28. The minimum Gasteiger partial charge on any atom is -0.324 e. The lowest BCUT2D eigenvalue weighted by atomic mass is 10.2. The van der Waals surface area contributed by atoms with Gasteiger partial charge in [-0.15, -0.1) is 10.2 Å². The SMILES string of the molecule is CCn1c(SCC(=O)Nc2cc(Br)ccc2Br)nnc1-c1cccc(Cl)c1. The van der Waals surface area contributed by atoms with Crippen molar-refractivity contribution in [2.75, 3.05) is 11.1 Å². The van der Waals surface area contributed by atoms with Crippen molar-refractivity contribution in [1.82, 2.24) is 14.8 Å². The van der Waals surface area contributed by atoms with Crippen LogP contribution in [0.5, 0.6) is 0 Å². The van der Waals surface area contributed by atoms with E-state index in [4.69, 9.17) is 11.6 Å². The summed E-state index contributed by atoms with van der Waals surface area (Å²) in [6, 6.07) is 13.1. The highest BCUT2D eigenvalue weighted by Gasteiger charge is 2.15. The van der Waals surface area contributed by atoms with Gasteiger partial charge in [-0.2, -0.15) is 0 Å². The molecule has 0 unspecified atom stereocenters. The highest BCUT2D eigenvalue weighted by atomic mass is 79.9. The van der Waals surface area contributed by atoms with Gasteiger partial charge in [0.05, 0.1) is 11.4 Å². The summed E-state index contributed by atoms with van der Waals surface area (Å²) in [6.45, 7) is 2.70. The first-order chi connectivity index (χ1) is 13.0. The maximum Gasteiger partial charge on any atom is 0.234 e. The summed E-state index contributed by atoms with van der Waals surface area (Å²) >= 11 is 14.3. The Labute approximate surface area is 183 Å². The van der Waals surface area contributed by atoms with Gasteiger partial charge in [0.15, 0.2) is 11.0 Å². The molecule has 0 atom stereocenters. The van der Waals surface area contributed by atoms with E-state index in [0.29, 0.717) is 22.4 Å². The zero-order chi connectivity index (χ0) is 19.4. The number of hydrogen-bond acceptors (Lipinski definition) is 4. The molecule has 0 saturated heterocycles. The molecule has 0 bridgehead atoms. The Morgan fingerprint density at radius 1 is 1.22 bits per heavy atom. The number of benzene rings is 2. The molecule has 27 heavy (non-hydrogen) atoms. The van der Waals surface area contributed by atoms with E-state index in [1.54, 1.807) is 0 Å². The third kappa shape index (κ3) is 5.13. The number of carbonyl (C=O) groups excluding carboxylic acids is 1. The van der Waals surface area contributed by atoms with Crippen molar-refractivity contribution >= 4 is 66.8 Å². The molecule has 9 heteroatoms. The van der Waals surface area contributed by atoms with Gasteiger partial charge >= 0.3 is 0 Å². The quantitative estimate of drug-likeness (QED) is 0.405. The predicted octanol–water partition coefficient (Wildman–Crippen LogP) is 5.87. The standard InChI is InChI=1S/C18H15Br2ClN4OS/c1-2-25-17(11-4-3-5-13(21)8-11)23-24-18(25)27-10-16(26)22-15-9-12(19)6-7-14(15)20/h3-9H,2,10H2,1H3,(H,22,26). The second kappa shape index (κ2) is 9.23. The summed E-state index contributed by atoms with van der Waals surface area (Å²) in [5, 5.41) is 12.7. The topological polar surface area (TPSA) is 59.8 Å². The Bertz CT molecular complexity index is 980. The van der Waals surface area contributed by atoms with E-state index in [1.165, 1.54) is 11.8 Å². The van der Waals surface area contributed by atoms with Crippen LogP contribution in [0.3, 0.4) is 0 Å². The molecule has 0 saturated carbocycles. The van der Waals surface area contributed by atoms with Crippen LogP contribution < -0.4 is 5.32 Å². The molecule has 1 aromatic heterocycles. The zero-order valence-corrected chi connectivity index (χ0v) is 19.0. The minimum absolute atomic E-state index is 0.117. The number of halogens is 3. The summed E-state index contributed by atoms with van der Waals surface area (Å²) in [4.78, 5) is 12.3. The molecule has 3 rings (SSSR count). The van der Waals surface area contributed by atoms with Crippen molar-refractivity contribution in [3.63, 3.8) is 0 Å². The molecule has 1 heterocycles. The fourth-order valence-electron chi connectivity index (χ4n) is 2.43. The number of rotatable bonds is 6. The Morgan fingerprint density at radius 2 is 2.04 bits per heavy atom. The molecular weight excluding hydrogens is 516 g/mol. The number of thioether (sulfide) groups is 1. The summed E-state index contributed by atoms with van der Waals surface area (Å²) < 4.78 is 3.69. The lowest BCUT2D eigenvalue weighted by Gasteiger charge is -2.09. The van der Waals surface area contributed by atoms with Crippen LogP contribution in [-0.4, -0.2) is 26.4 Å². The van der Waals surface area contributed by atoms with Gasteiger partial charge in [-0.25, -0.2) is 0 Å². The molecule has 0 fully saturated rings. The van der Waals surface area contributed by atoms with Crippen molar-refractivity contribution in [3.05, 3.63) is 56.4 Å². The van der Waals surface area contributed by atoms with Gasteiger partial charge in [-0.1, -0.05) is 51.4 Å². The maximum atomic E-state index is 12.3. The molecule has 0 spiro atoms. The monoisotopic (exact) mass is 528 g/mol. The lowest BCUT2D eigenvalue weighted by Crippen LogP contribution is -2.15. The fourth-order valence-corrected chi connectivity index (χ4v) is 4.13. The Balaban J connectivity index is 1.71. The number of carbonyl (C=O) groups is 1. The number of hydrogen-bond donors (Lipinski definition) is 1. The van der Waals surface area contributed by atoms with E-state index in [2.05, 4.69) is 47.4 Å². The average molecular weight is 531 g/mol. The van der Waals surface area contributed by atoms with Crippen LogP contribution in [-0.2, 0) is 11.3 Å². The third-order valence-electron chi connectivity index (χ3n) is 3.65. The van der Waals surface area contributed by atoms with Crippen molar-refractivity contribution < 1.29 is 4.79 Å². The van der Waals surface area contributed by atoms with Gasteiger partial charge < -0.3 is 9.88 Å². The van der Waals surface area contributed by atoms with E-state index < -0.39 is 0 Å². The van der Waals surface area contributed by atoms with Crippen LogP contribution in [0.15, 0.2) is 56.6 Å². The van der Waals surface area contributed by atoms with Crippen LogP contribution in [0.2, 0.25) is 5.02 Å². The molecule has 5 nitrogen and oxygen atoms in total. The number of aromatic nitrogens is 3. The van der Waals surface area contributed by atoms with Gasteiger partial charge in [-0.05, 0) is 53.2 Å². The maximum absolute atomic E-state index is 12.3. The normalized spacial score (nSPS) is 10.8. The first-order valence-corrected chi connectivity index (χ1v) is 11.0. The summed E-state index contributed by atoms with van der Waals surface area (Å²) in [7, 11) is 0. The predicted molar refractivity (Wildman–Crippen MR) is 117 cm³/mol. The van der Waals surface area contributed by atoms with E-state index in [9.17, 15) is 4.79 Å². The molecule has 140 valence electrons. The average Bonchev–Trinajstić information content (AvgIpc) is 3.06. The fraction of sp³-hybridized carbons (Fsp3) is 0.167. The van der Waals surface area contributed by atoms with Gasteiger partial charge in [0, 0.05) is 26.1 Å². The van der Waals surface area contributed by atoms with Gasteiger partial charge in [0.1, 0.15) is 0 Å². The molecule has 2 aromatic carbocycles. The number of amides is 1. The first-order valence-electron chi connectivity index (χ1n) is 8.04. The van der Waals surface area contributed by atoms with Crippen molar-refractivity contribution in [3.8, 4) is 11.4 Å². The number of nitrogens with one attached hydrogen (secondary N) is 1. The molecule has 0 aliphatic heterocycles. The summed E-state index contributed by atoms with van der Waals surface area (Å²) in [5.41, 5.74) is 1.61. The van der Waals surface area contributed by atoms with E-state index in [0.717, 1.165) is 20.3 Å². The molecule has 1 amide bonds. The molecule has 3 aromatic rings. The molecule has 1 N–H and O–H groups in total. The lowest BCUT2D eigenvalue weighted by molar-refractivity contribution is -0.113. The van der Waals surface area contributed by atoms with Crippen molar-refractivity contribution in [2.45, 2.75) is 18.6 Å². The molecular formula is C18H15Br2ClN4OS. The van der Waals surface area contributed by atoms with Crippen LogP contribution in [0.1, 0.15) is 6.92 Å². The minimum atomic E-state index is -0.117. The number of anilines is 1. The van der Waals surface area contributed by atoms with Crippen molar-refractivity contribution in [1.29, 1.82) is 0 Å². The van der Waals surface area contributed by atoms with Crippen LogP contribution in [0.25, 0.3) is 11.4 Å². The molecule has 0 aliphatic carbocycles. The Morgan fingerprint density at radius 3 is 2.78 bits per heavy atom. The van der Waals surface area contributed by atoms with Crippen molar-refractivity contribution in [2.24, 2.45) is 0 Å². The van der Waals surface area contributed by atoms with Gasteiger partial charge in [0.25, 0.3) is 0 Å². The van der Waals surface area contributed by atoms with Crippen LogP contribution in [0, 0.1) is 0 Å². The first kappa shape index (κ1) is 20.4. The summed E-state index contributed by atoms with van der Waals surface area (Å²) in [5.74, 6) is 0.846. The molecule has 0 aliphatic rings. The largest absolute Gasteiger partial charge is 0.324 e. The molecule has 0 radical (unpaired) electrons. The van der Waals surface area contributed by atoms with E-state index >= 15 is 0 Å². The zero-order valence-electron chi connectivity index (χ0n) is 14.2. The second-order valence-corrected chi connectivity index (χ2v) is 8.67. The number of nitrogens with zero attached hydrogens (tertiary/aromatic N) is 3. The van der Waals surface area contributed by atoms with E-state index in [1.807, 2.05) is 54.0 Å².